The summed E-state index contributed by atoms with van der Waals surface area (Å²) in [5.74, 6) is -8.70. The molecule has 3 N–H and O–H groups in total. The SMILES string of the molecule is CO[C@@H]1CC(C[C@@H](C)[C@@H]2CC(=O)[C@H](C)/C=C(\C)C(O)[C@@H](OC)C(=O)[C@H](C)C[C@H](C)/C=C/C=C/C=C(\C)C(=O)C[C@@H]3CC[C@@H](C)[C@@](O)(O3)C(=O)C(=O)N3CCCC[C@H]3C(=O)O2)CCC1O. The average molecular weight is 898 g/mol. The lowest BCUT2D eigenvalue weighted by molar-refractivity contribution is -0.262. The predicted octanol–water partition coefficient (Wildman–Crippen LogP) is 5.73. The number of nitrogens with zero attached hydrogens (tertiary/aromatic N) is 1. The fourth-order valence-corrected chi connectivity index (χ4v) is 9.73. The third kappa shape index (κ3) is 13.7. The van der Waals surface area contributed by atoms with Crippen molar-refractivity contribution in [2.75, 3.05) is 20.8 Å². The van der Waals surface area contributed by atoms with Crippen LogP contribution in [0.15, 0.2) is 47.6 Å². The molecule has 1 aliphatic carbocycles. The second kappa shape index (κ2) is 24.2. The van der Waals surface area contributed by atoms with Gasteiger partial charge in [-0.3, -0.25) is 24.0 Å². The minimum Gasteiger partial charge on any atom is -0.460 e. The Morgan fingerprint density at radius 1 is 0.875 bits per heavy atom. The van der Waals surface area contributed by atoms with Crippen molar-refractivity contribution in [3.63, 3.8) is 0 Å². The molecule has 3 aliphatic heterocycles. The summed E-state index contributed by atoms with van der Waals surface area (Å²) in [6.07, 6.45) is 9.74. The first-order valence-corrected chi connectivity index (χ1v) is 23.4. The number of cyclic esters (lactones) is 1. The van der Waals surface area contributed by atoms with Crippen molar-refractivity contribution < 1.29 is 63.0 Å². The second-order valence-corrected chi connectivity index (χ2v) is 19.2. The summed E-state index contributed by atoms with van der Waals surface area (Å²) in [7, 11) is 2.92. The molecule has 0 aromatic carbocycles. The molecule has 0 radical (unpaired) electrons. The van der Waals surface area contributed by atoms with Crippen molar-refractivity contribution in [1.82, 2.24) is 4.90 Å². The Kier molecular flexibility index (Phi) is 20.0. The van der Waals surface area contributed by atoms with E-state index in [1.807, 2.05) is 26.0 Å². The van der Waals surface area contributed by atoms with E-state index in [9.17, 15) is 44.1 Å². The maximum atomic E-state index is 14.3. The van der Waals surface area contributed by atoms with Crippen molar-refractivity contribution in [2.24, 2.45) is 35.5 Å². The molecule has 358 valence electrons. The number of Topliss-reactive ketones (excluding diaryl/α,β-unsaturated/α-hetero) is 4. The summed E-state index contributed by atoms with van der Waals surface area (Å²) in [6, 6.07) is -1.17. The van der Waals surface area contributed by atoms with Gasteiger partial charge in [0.1, 0.15) is 30.1 Å². The summed E-state index contributed by atoms with van der Waals surface area (Å²) in [6.45, 7) is 12.3. The summed E-state index contributed by atoms with van der Waals surface area (Å²) in [5, 5.41) is 33.6. The van der Waals surface area contributed by atoms with Crippen molar-refractivity contribution in [2.45, 2.75) is 174 Å². The zero-order valence-corrected chi connectivity index (χ0v) is 39.5. The first-order valence-electron chi connectivity index (χ1n) is 23.4. The Morgan fingerprint density at radius 2 is 1.59 bits per heavy atom. The molecule has 2 saturated heterocycles. The summed E-state index contributed by atoms with van der Waals surface area (Å²) in [4.78, 5) is 84.6. The van der Waals surface area contributed by atoms with Crippen LogP contribution in [-0.2, 0) is 47.7 Å². The highest BCUT2D eigenvalue weighted by molar-refractivity contribution is 6.39. The van der Waals surface area contributed by atoms with Crippen LogP contribution in [0.1, 0.15) is 126 Å². The van der Waals surface area contributed by atoms with Crippen LogP contribution in [-0.4, -0.2) is 124 Å². The molecule has 4 rings (SSSR count). The van der Waals surface area contributed by atoms with Crippen LogP contribution in [0.5, 0.6) is 0 Å². The molecule has 1 amide bonds. The molecule has 2 bridgehead atoms. The third-order valence-corrected chi connectivity index (χ3v) is 14.0. The Bertz CT molecular complexity index is 1780. The van der Waals surface area contributed by atoms with Gasteiger partial charge in [-0.05, 0) is 107 Å². The first kappa shape index (κ1) is 53.0. The van der Waals surface area contributed by atoms with Crippen molar-refractivity contribution >= 4 is 35.0 Å². The van der Waals surface area contributed by atoms with Crippen LogP contribution in [0.4, 0.5) is 0 Å². The number of methoxy groups -OCH3 is 2. The van der Waals surface area contributed by atoms with Crippen molar-refractivity contribution in [3.05, 3.63) is 47.6 Å². The van der Waals surface area contributed by atoms with Gasteiger partial charge in [0.25, 0.3) is 11.7 Å². The maximum absolute atomic E-state index is 14.3. The topological polar surface area (TPSA) is 203 Å². The molecule has 14 atom stereocenters. The smallest absolute Gasteiger partial charge is 0.329 e. The van der Waals surface area contributed by atoms with E-state index in [2.05, 4.69) is 0 Å². The van der Waals surface area contributed by atoms with Gasteiger partial charge in [-0.1, -0.05) is 71.1 Å². The fourth-order valence-electron chi connectivity index (χ4n) is 9.73. The molecule has 0 aromatic rings. The molecule has 0 spiro atoms. The number of ether oxygens (including phenoxy) is 4. The van der Waals surface area contributed by atoms with Gasteiger partial charge in [-0.15, -0.1) is 0 Å². The number of ketones is 4. The number of fused-ring (bicyclic) bond motifs is 3. The van der Waals surface area contributed by atoms with E-state index in [4.69, 9.17) is 18.9 Å². The molecule has 0 aromatic heterocycles. The number of amides is 1. The number of aliphatic hydroxyl groups excluding tert-OH is 2. The normalized spacial score (nSPS) is 39.7. The van der Waals surface area contributed by atoms with Crippen molar-refractivity contribution in [3.8, 4) is 0 Å². The van der Waals surface area contributed by atoms with Gasteiger partial charge in [-0.2, -0.15) is 0 Å². The molecule has 4 aliphatic rings. The van der Waals surface area contributed by atoms with Gasteiger partial charge in [0, 0.05) is 51.4 Å². The van der Waals surface area contributed by atoms with E-state index in [0.717, 1.165) is 4.90 Å². The lowest BCUT2D eigenvalue weighted by Gasteiger charge is -2.42. The average Bonchev–Trinajstić information content (AvgIpc) is 3.26. The molecule has 14 heteroatoms. The Balaban J connectivity index is 1.69. The molecule has 1 saturated carbocycles. The van der Waals surface area contributed by atoms with Gasteiger partial charge in [0.15, 0.2) is 11.6 Å². The van der Waals surface area contributed by atoms with Crippen LogP contribution >= 0.6 is 0 Å². The number of hydrogen-bond donors (Lipinski definition) is 3. The van der Waals surface area contributed by atoms with Crippen molar-refractivity contribution in [1.29, 1.82) is 0 Å². The number of piperidine rings is 1. The highest BCUT2D eigenvalue weighted by atomic mass is 16.6. The second-order valence-electron chi connectivity index (χ2n) is 19.2. The predicted molar refractivity (Wildman–Crippen MR) is 239 cm³/mol. The summed E-state index contributed by atoms with van der Waals surface area (Å²) in [5.41, 5.74) is 0.799. The van der Waals surface area contributed by atoms with Crippen LogP contribution in [0.25, 0.3) is 0 Å². The molecule has 14 nitrogen and oxygen atoms in total. The van der Waals surface area contributed by atoms with E-state index >= 15 is 0 Å². The quantitative estimate of drug-likeness (QED) is 0.172. The standard InChI is InChI=1S/C50H75NO13/c1-29-15-11-10-12-16-30(2)40(53)27-37-20-18-35(7)50(60,64-37)47(57)48(58)51-22-14-13-17-38(51)49(59)63-42(32(4)25-36-19-21-39(52)43(26-36)61-8)28-41(54)31(3)24-34(6)45(56)46(62-9)44(55)33(5)23-29/h10-12,15-16,24,29,31-33,35-39,42-43,45-46,52,56,60H,13-14,17-23,25-28H2,1-9H3/b12-10+,15-11+,30-16+,34-24+/t29-,31-,32-,33-,35-,36?,37+,38+,39?,42+,43-,45?,46+,50-/m1/s1. The monoisotopic (exact) mass is 898 g/mol. The first-order chi connectivity index (χ1) is 30.2. The Hall–Kier alpha value is -3.66. The number of rotatable bonds is 5. The molecular weight excluding hydrogens is 823 g/mol. The number of aliphatic hydroxyl groups is 3. The molecule has 3 unspecified atom stereocenters. The number of esters is 1. The zero-order valence-electron chi connectivity index (χ0n) is 39.5. The van der Waals surface area contributed by atoms with E-state index < -0.39 is 77.8 Å². The van der Waals surface area contributed by atoms with Gasteiger partial charge in [0.2, 0.25) is 5.79 Å². The van der Waals surface area contributed by atoms with Gasteiger partial charge in [-0.25, -0.2) is 4.79 Å². The Labute approximate surface area is 379 Å². The van der Waals surface area contributed by atoms with E-state index in [-0.39, 0.29) is 67.0 Å². The molecule has 3 heterocycles. The van der Waals surface area contributed by atoms with Crippen LogP contribution in [0.2, 0.25) is 0 Å². The fraction of sp³-hybridized carbons (Fsp3) is 0.720. The van der Waals surface area contributed by atoms with Gasteiger partial charge in [0.05, 0.1) is 18.3 Å². The van der Waals surface area contributed by atoms with Crippen LogP contribution in [0.3, 0.4) is 0 Å². The summed E-state index contributed by atoms with van der Waals surface area (Å²) >= 11 is 0. The minimum atomic E-state index is -2.52. The lowest BCUT2D eigenvalue weighted by atomic mass is 9.78. The highest BCUT2D eigenvalue weighted by Crippen LogP contribution is 2.37. The van der Waals surface area contributed by atoms with E-state index in [1.54, 1.807) is 66.0 Å². The number of carbonyl (C=O) groups is 6. The van der Waals surface area contributed by atoms with Crippen LogP contribution < -0.4 is 0 Å². The highest BCUT2D eigenvalue weighted by Gasteiger charge is 2.53. The Morgan fingerprint density at radius 3 is 2.28 bits per heavy atom. The largest absolute Gasteiger partial charge is 0.460 e. The van der Waals surface area contributed by atoms with Crippen LogP contribution in [0, 0.1) is 35.5 Å². The zero-order chi connectivity index (χ0) is 47.5. The molecule has 64 heavy (non-hydrogen) atoms. The van der Waals surface area contributed by atoms with Gasteiger partial charge < -0.3 is 39.2 Å². The van der Waals surface area contributed by atoms with E-state index in [0.29, 0.717) is 68.9 Å². The maximum Gasteiger partial charge on any atom is 0.329 e. The summed E-state index contributed by atoms with van der Waals surface area (Å²) < 4.78 is 23.3. The third-order valence-electron chi connectivity index (χ3n) is 14.0. The number of hydrogen-bond acceptors (Lipinski definition) is 13. The lowest BCUT2D eigenvalue weighted by Crippen LogP contribution is -2.60. The van der Waals surface area contributed by atoms with E-state index in [1.165, 1.54) is 7.11 Å². The number of carbonyl (C=O) groups excluding carboxylic acids is 6. The molecule has 3 fully saturated rings. The minimum absolute atomic E-state index is 0.0224. The van der Waals surface area contributed by atoms with Gasteiger partial charge >= 0.3 is 5.97 Å². The number of allylic oxidation sites excluding steroid dienone is 7. The molecular formula is C50H75NO13.